The quantitative estimate of drug-likeness (QED) is 0.574. The van der Waals surface area contributed by atoms with E-state index in [-0.39, 0.29) is 6.04 Å². The Labute approximate surface area is 78.8 Å². The zero-order valence-corrected chi connectivity index (χ0v) is 7.91. The summed E-state index contributed by atoms with van der Waals surface area (Å²) in [6, 6.07) is 10.5. The van der Waals surface area contributed by atoms with E-state index in [1.54, 1.807) is 0 Å². The lowest BCUT2D eigenvalue weighted by Gasteiger charge is -2.11. The van der Waals surface area contributed by atoms with Gasteiger partial charge < -0.3 is 4.99 Å². The van der Waals surface area contributed by atoms with Gasteiger partial charge in [-0.25, -0.2) is 6.08 Å². The Balaban J connectivity index is 2.39. The molecule has 0 amide bonds. The van der Waals surface area contributed by atoms with E-state index in [0.29, 0.717) is 0 Å². The average Bonchev–Trinajstić information content (AvgIpc) is 2.47. The zero-order valence-electron chi connectivity index (χ0n) is 7.91. The summed E-state index contributed by atoms with van der Waals surface area (Å²) in [7, 11) is 0. The van der Waals surface area contributed by atoms with Gasteiger partial charge in [0.05, 0.1) is 0 Å². The van der Waals surface area contributed by atoms with E-state index in [1.807, 2.05) is 18.2 Å². The van der Waals surface area contributed by atoms with Gasteiger partial charge in [0.15, 0.2) is 0 Å². The van der Waals surface area contributed by atoms with Crippen LogP contribution < -0.4 is 0 Å². The monoisotopic (exact) mass is 170 g/mol. The summed E-state index contributed by atoms with van der Waals surface area (Å²) in [5.74, 6) is 0. The van der Waals surface area contributed by atoms with E-state index in [4.69, 9.17) is 0 Å². The molecule has 0 N–H and O–H groups in total. The third kappa shape index (κ3) is 1.55. The van der Waals surface area contributed by atoms with Crippen molar-refractivity contribution in [2.24, 2.45) is 4.99 Å². The molecule has 1 aliphatic rings. The summed E-state index contributed by atoms with van der Waals surface area (Å²) >= 11 is 0. The second kappa shape index (κ2) is 3.17. The molecular weight excluding hydrogens is 158 g/mol. The first-order valence-corrected chi connectivity index (χ1v) is 4.51. The molecule has 66 valence electrons. The molecule has 1 heterocycles. The lowest BCUT2D eigenvalue weighted by atomic mass is 10.1. The number of aliphatic imine (C=N–C) groups is 1. The van der Waals surface area contributed by atoms with Crippen molar-refractivity contribution >= 4 is 5.71 Å². The van der Waals surface area contributed by atoms with Crippen molar-refractivity contribution < 1.29 is 0 Å². The molecule has 0 aromatic heterocycles. The summed E-state index contributed by atoms with van der Waals surface area (Å²) in [6.45, 7) is 4.12. The van der Waals surface area contributed by atoms with Crippen molar-refractivity contribution in [3.8, 4) is 0 Å². The smallest absolute Gasteiger partial charge is 0.0277 e. The summed E-state index contributed by atoms with van der Waals surface area (Å²) in [4.78, 5) is 4.51. The van der Waals surface area contributed by atoms with Gasteiger partial charge in [0, 0.05) is 0 Å². The molecular formula is C12H12N-. The van der Waals surface area contributed by atoms with Gasteiger partial charge in [-0.05, 0) is 6.04 Å². The summed E-state index contributed by atoms with van der Waals surface area (Å²) < 4.78 is 0. The van der Waals surface area contributed by atoms with E-state index < -0.39 is 0 Å². The molecule has 1 aliphatic heterocycles. The van der Waals surface area contributed by atoms with E-state index in [1.165, 1.54) is 11.1 Å². The van der Waals surface area contributed by atoms with E-state index >= 15 is 0 Å². The molecule has 0 bridgehead atoms. The van der Waals surface area contributed by atoms with Crippen molar-refractivity contribution in [3.63, 3.8) is 0 Å². The van der Waals surface area contributed by atoms with Crippen molar-refractivity contribution in [3.05, 3.63) is 47.5 Å². The van der Waals surface area contributed by atoms with E-state index in [0.717, 1.165) is 5.71 Å². The Bertz CT molecular complexity index is 360. The fraction of sp³-hybridized carbons (Fsp3) is 0.250. The zero-order chi connectivity index (χ0) is 9.26. The molecule has 1 atom stereocenters. The van der Waals surface area contributed by atoms with Crippen LogP contribution in [0.4, 0.5) is 0 Å². The SMILES string of the molecule is CC1=[C-]C(C)N=C1c1ccccc1. The van der Waals surface area contributed by atoms with Crippen LogP contribution in [-0.2, 0) is 0 Å². The minimum absolute atomic E-state index is 0.218. The maximum Gasteiger partial charge on any atom is -0.0277 e. The lowest BCUT2D eigenvalue weighted by molar-refractivity contribution is 0.921. The second-order valence-electron chi connectivity index (χ2n) is 3.29. The molecule has 1 heteroatoms. The van der Waals surface area contributed by atoms with Gasteiger partial charge in [-0.3, -0.25) is 0 Å². The molecule has 1 aromatic carbocycles. The number of hydrogen-bond acceptors (Lipinski definition) is 1. The van der Waals surface area contributed by atoms with Crippen LogP contribution in [-0.4, -0.2) is 11.8 Å². The van der Waals surface area contributed by atoms with Gasteiger partial charge >= 0.3 is 0 Å². The molecule has 0 aliphatic carbocycles. The largest absolute Gasteiger partial charge is 0.390 e. The van der Waals surface area contributed by atoms with Crippen LogP contribution in [0, 0.1) is 6.08 Å². The van der Waals surface area contributed by atoms with Crippen LogP contribution in [0.2, 0.25) is 0 Å². The number of rotatable bonds is 1. The highest BCUT2D eigenvalue weighted by Crippen LogP contribution is 2.16. The summed E-state index contributed by atoms with van der Waals surface area (Å²) in [5, 5.41) is 0. The molecule has 1 aromatic rings. The number of hydrogen-bond donors (Lipinski definition) is 0. The fourth-order valence-corrected chi connectivity index (χ4v) is 1.59. The van der Waals surface area contributed by atoms with Gasteiger partial charge in [-0.15, -0.1) is 0 Å². The number of nitrogens with zero attached hydrogens (tertiary/aromatic N) is 1. The normalized spacial score (nSPS) is 21.2. The van der Waals surface area contributed by atoms with Crippen LogP contribution >= 0.6 is 0 Å². The third-order valence-electron chi connectivity index (χ3n) is 2.15. The standard InChI is InChI=1S/C12H12N/c1-9-8-10(2)13-12(9)11-6-4-3-5-7-11/h3-7,10H,1-2H3/q-1. The van der Waals surface area contributed by atoms with Crippen molar-refractivity contribution in [1.82, 2.24) is 0 Å². The first-order valence-electron chi connectivity index (χ1n) is 4.51. The Morgan fingerprint density at radius 1 is 1.23 bits per heavy atom. The Hall–Kier alpha value is -1.37. The minimum atomic E-state index is 0.218. The van der Waals surface area contributed by atoms with Crippen LogP contribution in [0.1, 0.15) is 19.4 Å². The Morgan fingerprint density at radius 2 is 1.92 bits per heavy atom. The number of allylic oxidation sites excluding steroid dienone is 1. The van der Waals surface area contributed by atoms with Gasteiger partial charge in [0.25, 0.3) is 0 Å². The molecule has 0 radical (unpaired) electrons. The highest BCUT2D eigenvalue weighted by Gasteiger charge is 2.01. The van der Waals surface area contributed by atoms with Crippen LogP contribution in [0.3, 0.4) is 0 Å². The highest BCUT2D eigenvalue weighted by atomic mass is 14.8. The van der Waals surface area contributed by atoms with E-state index in [2.05, 4.69) is 37.0 Å². The fourth-order valence-electron chi connectivity index (χ4n) is 1.59. The Kier molecular flexibility index (Phi) is 2.01. The van der Waals surface area contributed by atoms with E-state index in [9.17, 15) is 0 Å². The van der Waals surface area contributed by atoms with Gasteiger partial charge in [0.2, 0.25) is 0 Å². The van der Waals surface area contributed by atoms with Crippen LogP contribution in [0.5, 0.6) is 0 Å². The molecule has 1 nitrogen and oxygen atoms in total. The highest BCUT2D eigenvalue weighted by molar-refractivity contribution is 6.13. The molecule has 0 spiro atoms. The van der Waals surface area contributed by atoms with Gasteiger partial charge in [0.1, 0.15) is 0 Å². The van der Waals surface area contributed by atoms with Crippen molar-refractivity contribution in [2.75, 3.05) is 0 Å². The number of benzene rings is 1. The van der Waals surface area contributed by atoms with Crippen LogP contribution in [0.25, 0.3) is 0 Å². The first kappa shape index (κ1) is 8.24. The molecule has 1 unspecified atom stereocenters. The average molecular weight is 170 g/mol. The maximum atomic E-state index is 4.51. The molecule has 0 saturated heterocycles. The van der Waals surface area contributed by atoms with Gasteiger partial charge in [-0.2, -0.15) is 5.57 Å². The predicted molar refractivity (Wildman–Crippen MR) is 54.9 cm³/mol. The first-order chi connectivity index (χ1) is 6.27. The summed E-state index contributed by atoms with van der Waals surface area (Å²) in [6.07, 6.45) is 3.28. The van der Waals surface area contributed by atoms with Gasteiger partial charge in [-0.1, -0.05) is 55.5 Å². The predicted octanol–water partition coefficient (Wildman–Crippen LogP) is 2.63. The topological polar surface area (TPSA) is 12.4 Å². The Morgan fingerprint density at radius 3 is 2.46 bits per heavy atom. The molecule has 0 saturated carbocycles. The summed E-state index contributed by atoms with van der Waals surface area (Å²) in [5.41, 5.74) is 3.45. The lowest BCUT2D eigenvalue weighted by Crippen LogP contribution is -1.98. The molecule has 0 fully saturated rings. The van der Waals surface area contributed by atoms with Crippen molar-refractivity contribution in [2.45, 2.75) is 19.9 Å². The molecule has 13 heavy (non-hydrogen) atoms. The van der Waals surface area contributed by atoms with Crippen LogP contribution in [0.15, 0.2) is 40.9 Å². The molecule has 2 rings (SSSR count). The minimum Gasteiger partial charge on any atom is -0.390 e. The van der Waals surface area contributed by atoms with Crippen molar-refractivity contribution in [1.29, 1.82) is 0 Å². The maximum absolute atomic E-state index is 4.51. The second-order valence-corrected chi connectivity index (χ2v) is 3.29. The third-order valence-corrected chi connectivity index (χ3v) is 2.15.